The van der Waals surface area contributed by atoms with Gasteiger partial charge in [-0.3, -0.25) is 9.58 Å². The van der Waals surface area contributed by atoms with E-state index in [2.05, 4.69) is 20.0 Å². The minimum atomic E-state index is -0.292. The summed E-state index contributed by atoms with van der Waals surface area (Å²) < 4.78 is 20.7. The molecular weight excluding hydrogens is 309 g/mol. The zero-order chi connectivity index (χ0) is 16.4. The largest absolute Gasteiger partial charge is 0.444 e. The molecule has 3 aromatic rings. The number of likely N-dealkylation sites (tertiary alicyclic amines) is 1. The SMILES string of the molecule is Fc1cccc(-c2nc(CN3CCCC3Cn3cncn3)co2)c1. The number of rotatable bonds is 5. The molecule has 24 heavy (non-hydrogen) atoms. The summed E-state index contributed by atoms with van der Waals surface area (Å²) >= 11 is 0. The topological polar surface area (TPSA) is 60.0 Å². The van der Waals surface area contributed by atoms with Gasteiger partial charge in [-0.25, -0.2) is 14.4 Å². The third-order valence-corrected chi connectivity index (χ3v) is 4.35. The van der Waals surface area contributed by atoms with Gasteiger partial charge in [-0.2, -0.15) is 5.10 Å². The van der Waals surface area contributed by atoms with Crippen LogP contribution in [0.5, 0.6) is 0 Å². The van der Waals surface area contributed by atoms with Gasteiger partial charge < -0.3 is 4.42 Å². The number of nitrogens with zero attached hydrogens (tertiary/aromatic N) is 5. The Morgan fingerprint density at radius 3 is 3.12 bits per heavy atom. The van der Waals surface area contributed by atoms with E-state index in [9.17, 15) is 4.39 Å². The van der Waals surface area contributed by atoms with E-state index < -0.39 is 0 Å². The molecule has 0 amide bonds. The van der Waals surface area contributed by atoms with Gasteiger partial charge in [0, 0.05) is 18.2 Å². The van der Waals surface area contributed by atoms with E-state index in [0.29, 0.717) is 17.5 Å². The van der Waals surface area contributed by atoms with Gasteiger partial charge >= 0.3 is 0 Å². The summed E-state index contributed by atoms with van der Waals surface area (Å²) in [5, 5.41) is 4.18. The molecule has 6 nitrogen and oxygen atoms in total. The lowest BCUT2D eigenvalue weighted by molar-refractivity contribution is 0.216. The maximum atomic E-state index is 13.3. The third kappa shape index (κ3) is 3.21. The second kappa shape index (κ2) is 6.52. The van der Waals surface area contributed by atoms with Crippen LogP contribution in [0.25, 0.3) is 11.5 Å². The molecule has 0 bridgehead atoms. The summed E-state index contributed by atoms with van der Waals surface area (Å²) in [5.74, 6) is 0.163. The Bertz CT molecular complexity index is 801. The summed E-state index contributed by atoms with van der Waals surface area (Å²) in [5.41, 5.74) is 1.52. The third-order valence-electron chi connectivity index (χ3n) is 4.35. The van der Waals surface area contributed by atoms with Crippen molar-refractivity contribution in [1.82, 2.24) is 24.6 Å². The quantitative estimate of drug-likeness (QED) is 0.721. The lowest BCUT2D eigenvalue weighted by Gasteiger charge is -2.23. The maximum Gasteiger partial charge on any atom is 0.226 e. The second-order valence-electron chi connectivity index (χ2n) is 6.04. The molecule has 1 atom stereocenters. The summed E-state index contributed by atoms with van der Waals surface area (Å²) in [6.45, 7) is 2.58. The van der Waals surface area contributed by atoms with E-state index >= 15 is 0 Å². The van der Waals surface area contributed by atoms with Crippen molar-refractivity contribution in [3.8, 4) is 11.5 Å². The first-order valence-corrected chi connectivity index (χ1v) is 8.05. The van der Waals surface area contributed by atoms with Crippen LogP contribution in [0.2, 0.25) is 0 Å². The molecule has 124 valence electrons. The molecule has 1 aliphatic rings. The Morgan fingerprint density at radius 1 is 1.33 bits per heavy atom. The molecule has 1 aliphatic heterocycles. The first-order valence-electron chi connectivity index (χ1n) is 8.05. The van der Waals surface area contributed by atoms with Gasteiger partial charge in [0.15, 0.2) is 0 Å². The summed E-state index contributed by atoms with van der Waals surface area (Å²) in [4.78, 5) is 10.9. The van der Waals surface area contributed by atoms with Crippen LogP contribution in [0, 0.1) is 5.82 Å². The molecule has 7 heteroatoms. The molecule has 4 rings (SSSR count). The first-order chi connectivity index (χ1) is 11.8. The van der Waals surface area contributed by atoms with Gasteiger partial charge in [0.25, 0.3) is 0 Å². The molecule has 0 aliphatic carbocycles. The lowest BCUT2D eigenvalue weighted by Crippen LogP contribution is -2.32. The molecule has 1 saturated heterocycles. The summed E-state index contributed by atoms with van der Waals surface area (Å²) in [6, 6.07) is 6.71. The predicted octanol–water partition coefficient (Wildman–Crippen LogP) is 2.74. The molecular formula is C17H18FN5O. The van der Waals surface area contributed by atoms with E-state index in [0.717, 1.165) is 38.2 Å². The highest BCUT2D eigenvalue weighted by molar-refractivity contribution is 5.52. The fourth-order valence-electron chi connectivity index (χ4n) is 3.19. The van der Waals surface area contributed by atoms with Crippen LogP contribution in [0.15, 0.2) is 47.6 Å². The molecule has 0 radical (unpaired) electrons. The minimum Gasteiger partial charge on any atom is -0.444 e. The van der Waals surface area contributed by atoms with Crippen molar-refractivity contribution in [2.24, 2.45) is 0 Å². The molecule has 0 saturated carbocycles. The van der Waals surface area contributed by atoms with Crippen molar-refractivity contribution in [3.05, 3.63) is 54.7 Å². The molecule has 0 spiro atoms. The Balaban J connectivity index is 1.45. The standard InChI is InChI=1S/C17H18FN5O/c18-14-4-1-3-13(7-14)17-21-15(10-24-17)8-22-6-2-5-16(22)9-23-12-19-11-20-23/h1,3-4,7,10-12,16H,2,5-6,8-9H2. The Hall–Kier alpha value is -2.54. The lowest BCUT2D eigenvalue weighted by atomic mass is 10.2. The number of aromatic nitrogens is 4. The van der Waals surface area contributed by atoms with Gasteiger partial charge in [-0.1, -0.05) is 6.07 Å². The molecule has 1 aromatic carbocycles. The van der Waals surface area contributed by atoms with E-state index in [1.165, 1.54) is 12.1 Å². The van der Waals surface area contributed by atoms with E-state index in [1.807, 2.05) is 4.68 Å². The van der Waals surface area contributed by atoms with Gasteiger partial charge in [-0.15, -0.1) is 0 Å². The van der Waals surface area contributed by atoms with Crippen molar-refractivity contribution in [1.29, 1.82) is 0 Å². The van der Waals surface area contributed by atoms with Crippen LogP contribution in [0.1, 0.15) is 18.5 Å². The van der Waals surface area contributed by atoms with Gasteiger partial charge in [0.05, 0.1) is 12.2 Å². The van der Waals surface area contributed by atoms with E-state index in [4.69, 9.17) is 4.42 Å². The highest BCUT2D eigenvalue weighted by atomic mass is 19.1. The van der Waals surface area contributed by atoms with Crippen molar-refractivity contribution < 1.29 is 8.81 Å². The predicted molar refractivity (Wildman–Crippen MR) is 85.4 cm³/mol. The smallest absolute Gasteiger partial charge is 0.226 e. The fourth-order valence-corrected chi connectivity index (χ4v) is 3.19. The molecule has 0 N–H and O–H groups in total. The average molecular weight is 327 g/mol. The zero-order valence-electron chi connectivity index (χ0n) is 13.2. The second-order valence-corrected chi connectivity index (χ2v) is 6.04. The van der Waals surface area contributed by atoms with Crippen LogP contribution in [0.3, 0.4) is 0 Å². The van der Waals surface area contributed by atoms with Crippen molar-refractivity contribution in [2.45, 2.75) is 32.0 Å². The van der Waals surface area contributed by atoms with Gasteiger partial charge in [0.2, 0.25) is 5.89 Å². The number of benzene rings is 1. The van der Waals surface area contributed by atoms with Crippen LogP contribution in [-0.4, -0.2) is 37.2 Å². The Labute approximate surface area is 138 Å². The van der Waals surface area contributed by atoms with E-state index in [-0.39, 0.29) is 5.82 Å². The highest BCUT2D eigenvalue weighted by Crippen LogP contribution is 2.24. The minimum absolute atomic E-state index is 0.292. The molecule has 3 heterocycles. The maximum absolute atomic E-state index is 13.3. The number of hydrogen-bond donors (Lipinski definition) is 0. The van der Waals surface area contributed by atoms with Crippen LogP contribution in [0.4, 0.5) is 4.39 Å². The molecule has 1 fully saturated rings. The summed E-state index contributed by atoms with van der Waals surface area (Å²) in [6.07, 6.45) is 7.25. The van der Waals surface area contributed by atoms with Crippen molar-refractivity contribution >= 4 is 0 Å². The molecule has 1 unspecified atom stereocenters. The van der Waals surface area contributed by atoms with Crippen LogP contribution < -0.4 is 0 Å². The average Bonchev–Trinajstić information content (AvgIpc) is 3.32. The Morgan fingerprint density at radius 2 is 2.29 bits per heavy atom. The Kier molecular flexibility index (Phi) is 4.08. The van der Waals surface area contributed by atoms with E-state index in [1.54, 1.807) is 31.1 Å². The summed E-state index contributed by atoms with van der Waals surface area (Å²) in [7, 11) is 0. The fraction of sp³-hybridized carbons (Fsp3) is 0.353. The zero-order valence-corrected chi connectivity index (χ0v) is 13.2. The van der Waals surface area contributed by atoms with Crippen LogP contribution >= 0.6 is 0 Å². The number of hydrogen-bond acceptors (Lipinski definition) is 5. The molecule has 2 aromatic heterocycles. The normalized spacial score (nSPS) is 18.3. The van der Waals surface area contributed by atoms with Crippen molar-refractivity contribution in [2.75, 3.05) is 6.54 Å². The van der Waals surface area contributed by atoms with Gasteiger partial charge in [-0.05, 0) is 37.6 Å². The van der Waals surface area contributed by atoms with Crippen molar-refractivity contribution in [3.63, 3.8) is 0 Å². The number of halogens is 1. The first kappa shape index (κ1) is 15.0. The number of oxazole rings is 1. The van der Waals surface area contributed by atoms with Crippen LogP contribution in [-0.2, 0) is 13.1 Å². The monoisotopic (exact) mass is 327 g/mol. The van der Waals surface area contributed by atoms with Gasteiger partial charge in [0.1, 0.15) is 24.7 Å². The highest BCUT2D eigenvalue weighted by Gasteiger charge is 2.26.